The van der Waals surface area contributed by atoms with E-state index in [1.807, 2.05) is 0 Å². The number of nitrogens with one attached hydrogen (secondary N) is 1. The number of likely N-dealkylation sites (tertiary alicyclic amines) is 1. The van der Waals surface area contributed by atoms with Gasteiger partial charge in [-0.05, 0) is 45.6 Å². The molecule has 4 heteroatoms. The average Bonchev–Trinajstić information content (AvgIpc) is 2.41. The van der Waals surface area contributed by atoms with Crippen LogP contribution in [0.25, 0.3) is 0 Å². The summed E-state index contributed by atoms with van der Waals surface area (Å²) in [4.78, 5) is 14.6. The molecule has 1 amide bonds. The Bertz CT molecular complexity index is 295. The fourth-order valence-electron chi connectivity index (χ4n) is 3.42. The Hall–Kier alpha value is -0.610. The van der Waals surface area contributed by atoms with E-state index in [4.69, 9.17) is 5.73 Å². The molecule has 0 aromatic heterocycles. The van der Waals surface area contributed by atoms with Gasteiger partial charge < -0.3 is 11.1 Å². The molecule has 1 saturated heterocycles. The molecule has 2 fully saturated rings. The summed E-state index contributed by atoms with van der Waals surface area (Å²) in [5, 5.41) is 3.10. The summed E-state index contributed by atoms with van der Waals surface area (Å²) >= 11 is 0. The molecule has 0 spiro atoms. The maximum absolute atomic E-state index is 12.1. The lowest BCUT2D eigenvalue weighted by Crippen LogP contribution is -2.44. The van der Waals surface area contributed by atoms with Crippen molar-refractivity contribution in [2.24, 2.45) is 11.7 Å². The number of nitrogens with zero attached hydrogens (tertiary/aromatic N) is 1. The maximum Gasteiger partial charge on any atom is 0.223 e. The minimum absolute atomic E-state index is 0.155. The number of nitrogens with two attached hydrogens (primary N) is 1. The van der Waals surface area contributed by atoms with Gasteiger partial charge in [0.05, 0.1) is 0 Å². The summed E-state index contributed by atoms with van der Waals surface area (Å²) < 4.78 is 0. The van der Waals surface area contributed by atoms with E-state index in [0.717, 1.165) is 38.8 Å². The molecular formula is C15H29N3O. The minimum Gasteiger partial charge on any atom is -0.355 e. The lowest BCUT2D eigenvalue weighted by Gasteiger charge is -2.33. The van der Waals surface area contributed by atoms with Gasteiger partial charge in [0, 0.05) is 31.1 Å². The zero-order chi connectivity index (χ0) is 13.7. The smallest absolute Gasteiger partial charge is 0.223 e. The summed E-state index contributed by atoms with van der Waals surface area (Å²) in [5.74, 6) is 0.377. The first-order valence-corrected chi connectivity index (χ1v) is 7.94. The molecule has 1 aliphatic heterocycles. The SMILES string of the molecule is CC1CCCCN1CCNC(=O)C1CCCC(N)C1. The van der Waals surface area contributed by atoms with Crippen molar-refractivity contribution < 1.29 is 4.79 Å². The second-order valence-corrected chi connectivity index (χ2v) is 6.30. The van der Waals surface area contributed by atoms with E-state index in [1.165, 1.54) is 25.8 Å². The quantitative estimate of drug-likeness (QED) is 0.811. The van der Waals surface area contributed by atoms with Crippen LogP contribution in [0.5, 0.6) is 0 Å². The molecule has 2 rings (SSSR count). The summed E-state index contributed by atoms with van der Waals surface area (Å²) in [5.41, 5.74) is 5.94. The highest BCUT2D eigenvalue weighted by Crippen LogP contribution is 2.23. The van der Waals surface area contributed by atoms with Gasteiger partial charge in [0.1, 0.15) is 0 Å². The predicted molar refractivity (Wildman–Crippen MR) is 77.8 cm³/mol. The van der Waals surface area contributed by atoms with Crippen molar-refractivity contribution in [1.29, 1.82) is 0 Å². The van der Waals surface area contributed by atoms with Crippen LogP contribution in [0.4, 0.5) is 0 Å². The van der Waals surface area contributed by atoms with Crippen molar-refractivity contribution >= 4 is 5.91 Å². The van der Waals surface area contributed by atoms with Crippen LogP contribution in [-0.2, 0) is 4.79 Å². The van der Waals surface area contributed by atoms with Crippen LogP contribution in [0.1, 0.15) is 51.9 Å². The van der Waals surface area contributed by atoms with Gasteiger partial charge in [-0.25, -0.2) is 0 Å². The Morgan fingerprint density at radius 2 is 2.11 bits per heavy atom. The van der Waals surface area contributed by atoms with E-state index in [1.54, 1.807) is 0 Å². The van der Waals surface area contributed by atoms with Crippen molar-refractivity contribution in [2.75, 3.05) is 19.6 Å². The number of piperidine rings is 1. The minimum atomic E-state index is 0.155. The monoisotopic (exact) mass is 267 g/mol. The van der Waals surface area contributed by atoms with Crippen LogP contribution in [0.3, 0.4) is 0 Å². The molecule has 3 unspecified atom stereocenters. The standard InChI is InChI=1S/C15H29N3O/c1-12-5-2-3-9-18(12)10-8-17-15(19)13-6-4-7-14(16)11-13/h12-14H,2-11,16H2,1H3,(H,17,19). The Labute approximate surface area is 117 Å². The van der Waals surface area contributed by atoms with Crippen LogP contribution in [0.2, 0.25) is 0 Å². The Balaban J connectivity index is 1.65. The van der Waals surface area contributed by atoms with Gasteiger partial charge in [-0.3, -0.25) is 9.69 Å². The predicted octanol–water partition coefficient (Wildman–Crippen LogP) is 1.49. The van der Waals surface area contributed by atoms with Gasteiger partial charge in [-0.15, -0.1) is 0 Å². The summed E-state index contributed by atoms with van der Waals surface area (Å²) in [6.45, 7) is 5.26. The van der Waals surface area contributed by atoms with Gasteiger partial charge in [-0.1, -0.05) is 12.8 Å². The molecule has 4 nitrogen and oxygen atoms in total. The molecule has 3 N–H and O–H groups in total. The van der Waals surface area contributed by atoms with Crippen molar-refractivity contribution in [3.05, 3.63) is 0 Å². The molecule has 1 heterocycles. The van der Waals surface area contributed by atoms with Gasteiger partial charge in [0.2, 0.25) is 5.91 Å². The number of rotatable bonds is 4. The van der Waals surface area contributed by atoms with E-state index in [-0.39, 0.29) is 17.9 Å². The molecule has 19 heavy (non-hydrogen) atoms. The van der Waals surface area contributed by atoms with E-state index >= 15 is 0 Å². The number of amides is 1. The van der Waals surface area contributed by atoms with Crippen molar-refractivity contribution in [2.45, 2.75) is 64.0 Å². The van der Waals surface area contributed by atoms with Gasteiger partial charge in [-0.2, -0.15) is 0 Å². The van der Waals surface area contributed by atoms with E-state index in [0.29, 0.717) is 6.04 Å². The molecule has 0 aromatic rings. The molecule has 3 atom stereocenters. The molecule has 1 aliphatic carbocycles. The van der Waals surface area contributed by atoms with Crippen molar-refractivity contribution in [1.82, 2.24) is 10.2 Å². The first kappa shape index (κ1) is 14.8. The van der Waals surface area contributed by atoms with Gasteiger partial charge in [0.25, 0.3) is 0 Å². The topological polar surface area (TPSA) is 58.4 Å². The Morgan fingerprint density at radius 3 is 2.84 bits per heavy atom. The normalized spacial score (nSPS) is 33.1. The number of hydrogen-bond acceptors (Lipinski definition) is 3. The summed E-state index contributed by atoms with van der Waals surface area (Å²) in [6, 6.07) is 0.903. The molecular weight excluding hydrogens is 238 g/mol. The number of hydrogen-bond donors (Lipinski definition) is 2. The van der Waals surface area contributed by atoms with Gasteiger partial charge in [0.15, 0.2) is 0 Å². The molecule has 0 aromatic carbocycles. The lowest BCUT2D eigenvalue weighted by molar-refractivity contribution is -0.126. The molecule has 2 aliphatic rings. The molecule has 1 saturated carbocycles. The van der Waals surface area contributed by atoms with Crippen LogP contribution >= 0.6 is 0 Å². The first-order valence-electron chi connectivity index (χ1n) is 7.94. The third-order valence-corrected chi connectivity index (χ3v) is 4.72. The van der Waals surface area contributed by atoms with E-state index in [2.05, 4.69) is 17.1 Å². The molecule has 0 radical (unpaired) electrons. The van der Waals surface area contributed by atoms with E-state index in [9.17, 15) is 4.79 Å². The lowest BCUT2D eigenvalue weighted by atomic mass is 9.85. The number of carbonyl (C=O) groups is 1. The second kappa shape index (κ2) is 7.25. The third kappa shape index (κ3) is 4.46. The Kier molecular flexibility index (Phi) is 5.64. The zero-order valence-electron chi connectivity index (χ0n) is 12.2. The van der Waals surface area contributed by atoms with Crippen molar-refractivity contribution in [3.63, 3.8) is 0 Å². The summed E-state index contributed by atoms with van der Waals surface area (Å²) in [6.07, 6.45) is 8.01. The zero-order valence-corrected chi connectivity index (χ0v) is 12.2. The van der Waals surface area contributed by atoms with Crippen LogP contribution in [-0.4, -0.2) is 42.5 Å². The average molecular weight is 267 g/mol. The highest BCUT2D eigenvalue weighted by atomic mass is 16.1. The fourth-order valence-corrected chi connectivity index (χ4v) is 3.42. The molecule has 0 bridgehead atoms. The first-order chi connectivity index (χ1) is 9.16. The largest absolute Gasteiger partial charge is 0.355 e. The second-order valence-electron chi connectivity index (χ2n) is 6.30. The molecule has 110 valence electrons. The van der Waals surface area contributed by atoms with Crippen LogP contribution in [0.15, 0.2) is 0 Å². The van der Waals surface area contributed by atoms with Gasteiger partial charge >= 0.3 is 0 Å². The fraction of sp³-hybridized carbons (Fsp3) is 0.933. The van der Waals surface area contributed by atoms with E-state index < -0.39 is 0 Å². The van der Waals surface area contributed by atoms with Crippen LogP contribution < -0.4 is 11.1 Å². The van der Waals surface area contributed by atoms with Crippen molar-refractivity contribution in [3.8, 4) is 0 Å². The maximum atomic E-state index is 12.1. The number of carbonyl (C=O) groups excluding carboxylic acids is 1. The highest BCUT2D eigenvalue weighted by molar-refractivity contribution is 5.78. The summed E-state index contributed by atoms with van der Waals surface area (Å²) in [7, 11) is 0. The highest BCUT2D eigenvalue weighted by Gasteiger charge is 2.25. The van der Waals surface area contributed by atoms with Crippen LogP contribution in [0, 0.1) is 5.92 Å². The third-order valence-electron chi connectivity index (χ3n) is 4.72. The Morgan fingerprint density at radius 1 is 1.26 bits per heavy atom.